The molecule has 0 saturated carbocycles. The molecular weight excluding hydrogens is 222 g/mol. The average molecular weight is 241 g/mol. The molecule has 0 spiro atoms. The molecule has 1 atom stereocenters. The average Bonchev–Trinajstić information content (AvgIpc) is 2.28. The van der Waals surface area contributed by atoms with Gasteiger partial charge in [0.05, 0.1) is 7.11 Å². The number of methoxy groups -OCH3 is 1. The summed E-state index contributed by atoms with van der Waals surface area (Å²) in [5, 5.41) is 8.76. The molecule has 4 heteroatoms. The fraction of sp³-hybridized carbons (Fsp3) is 0.500. The quantitative estimate of drug-likeness (QED) is 0.592. The number of rotatable bonds is 6. The van der Waals surface area contributed by atoms with Crippen LogP contribution in [0.15, 0.2) is 23.1 Å². The van der Waals surface area contributed by atoms with Gasteiger partial charge in [-0.15, -0.1) is 11.8 Å². The topological polar surface area (TPSA) is 55.5 Å². The van der Waals surface area contributed by atoms with E-state index in [0.717, 1.165) is 28.4 Å². The van der Waals surface area contributed by atoms with E-state index in [1.807, 2.05) is 25.1 Å². The van der Waals surface area contributed by atoms with Gasteiger partial charge >= 0.3 is 0 Å². The lowest BCUT2D eigenvalue weighted by molar-refractivity contribution is 0.296. The smallest absolute Gasteiger partial charge is 0.124 e. The van der Waals surface area contributed by atoms with Crippen molar-refractivity contribution in [3.63, 3.8) is 0 Å². The largest absolute Gasteiger partial charge is 0.496 e. The first-order chi connectivity index (χ1) is 7.70. The lowest BCUT2D eigenvalue weighted by Gasteiger charge is -2.16. The molecule has 3 N–H and O–H groups in total. The van der Waals surface area contributed by atoms with E-state index in [2.05, 4.69) is 0 Å². The fourth-order valence-corrected chi connectivity index (χ4v) is 2.63. The summed E-state index contributed by atoms with van der Waals surface area (Å²) < 4.78 is 5.31. The van der Waals surface area contributed by atoms with Gasteiger partial charge in [-0.05, 0) is 25.5 Å². The molecule has 0 aliphatic rings. The molecule has 0 amide bonds. The van der Waals surface area contributed by atoms with Crippen molar-refractivity contribution in [2.24, 2.45) is 5.73 Å². The number of nitrogens with two attached hydrogens (primary N) is 1. The van der Waals surface area contributed by atoms with E-state index in [1.54, 1.807) is 18.9 Å². The predicted molar refractivity (Wildman–Crippen MR) is 68.0 cm³/mol. The number of benzene rings is 1. The summed E-state index contributed by atoms with van der Waals surface area (Å²) in [4.78, 5) is 1.14. The first-order valence-corrected chi connectivity index (χ1v) is 6.35. The minimum Gasteiger partial charge on any atom is -0.496 e. The first-order valence-electron chi connectivity index (χ1n) is 5.36. The molecule has 0 heterocycles. The highest BCUT2D eigenvalue weighted by molar-refractivity contribution is 7.99. The van der Waals surface area contributed by atoms with Crippen LogP contribution in [0.4, 0.5) is 0 Å². The van der Waals surface area contributed by atoms with Gasteiger partial charge in [0.2, 0.25) is 0 Å². The van der Waals surface area contributed by atoms with Crippen LogP contribution in [0.3, 0.4) is 0 Å². The first kappa shape index (κ1) is 13.4. The molecule has 0 aliphatic heterocycles. The fourth-order valence-electron chi connectivity index (χ4n) is 1.52. The molecule has 16 heavy (non-hydrogen) atoms. The normalized spacial score (nSPS) is 12.5. The highest BCUT2D eigenvalue weighted by atomic mass is 32.2. The summed E-state index contributed by atoms with van der Waals surface area (Å²) in [7, 11) is 1.66. The SMILES string of the molecule is COc1cccc(SCCCO)c1[C@@H](C)N. The summed E-state index contributed by atoms with van der Waals surface area (Å²) in [6.45, 7) is 2.18. The highest BCUT2D eigenvalue weighted by Gasteiger charge is 2.12. The third kappa shape index (κ3) is 3.40. The minimum atomic E-state index is -0.0484. The molecule has 0 saturated heterocycles. The zero-order valence-electron chi connectivity index (χ0n) is 9.77. The summed E-state index contributed by atoms with van der Waals surface area (Å²) in [6, 6.07) is 5.89. The summed E-state index contributed by atoms with van der Waals surface area (Å²) in [5.74, 6) is 1.73. The Bertz CT molecular complexity index is 329. The number of ether oxygens (including phenoxy) is 1. The zero-order valence-corrected chi connectivity index (χ0v) is 10.6. The summed E-state index contributed by atoms with van der Waals surface area (Å²) in [5.41, 5.74) is 7.00. The van der Waals surface area contributed by atoms with Crippen LogP contribution in [-0.4, -0.2) is 24.6 Å². The molecule has 0 unspecified atom stereocenters. The van der Waals surface area contributed by atoms with Crippen LogP contribution in [0.2, 0.25) is 0 Å². The lowest BCUT2D eigenvalue weighted by atomic mass is 10.1. The second-order valence-corrected chi connectivity index (χ2v) is 4.72. The highest BCUT2D eigenvalue weighted by Crippen LogP contribution is 2.33. The maximum absolute atomic E-state index is 8.76. The molecule has 1 aromatic carbocycles. The Morgan fingerprint density at radius 2 is 2.25 bits per heavy atom. The van der Waals surface area contributed by atoms with Crippen molar-refractivity contribution in [3.05, 3.63) is 23.8 Å². The van der Waals surface area contributed by atoms with Crippen LogP contribution >= 0.6 is 11.8 Å². The number of hydrogen-bond acceptors (Lipinski definition) is 4. The predicted octanol–water partition coefficient (Wildman–Crippen LogP) is 2.19. The Morgan fingerprint density at radius 1 is 1.50 bits per heavy atom. The van der Waals surface area contributed by atoms with Gasteiger partial charge < -0.3 is 15.6 Å². The molecule has 0 aromatic heterocycles. The Kier molecular flexibility index (Phi) is 5.66. The number of aliphatic hydroxyl groups excluding tert-OH is 1. The van der Waals surface area contributed by atoms with Crippen LogP contribution in [-0.2, 0) is 0 Å². The van der Waals surface area contributed by atoms with E-state index >= 15 is 0 Å². The molecule has 0 fully saturated rings. The minimum absolute atomic E-state index is 0.0484. The molecule has 1 rings (SSSR count). The van der Waals surface area contributed by atoms with Gasteiger partial charge in [0.25, 0.3) is 0 Å². The van der Waals surface area contributed by atoms with Crippen molar-refractivity contribution in [2.45, 2.75) is 24.3 Å². The van der Waals surface area contributed by atoms with Crippen LogP contribution in [0.25, 0.3) is 0 Å². The van der Waals surface area contributed by atoms with Crippen LogP contribution in [0, 0.1) is 0 Å². The van der Waals surface area contributed by atoms with Crippen molar-refractivity contribution in [1.29, 1.82) is 0 Å². The third-order valence-electron chi connectivity index (χ3n) is 2.26. The van der Waals surface area contributed by atoms with E-state index in [4.69, 9.17) is 15.6 Å². The molecule has 0 radical (unpaired) electrons. The van der Waals surface area contributed by atoms with Crippen molar-refractivity contribution < 1.29 is 9.84 Å². The van der Waals surface area contributed by atoms with E-state index < -0.39 is 0 Å². The monoisotopic (exact) mass is 241 g/mol. The van der Waals surface area contributed by atoms with Gasteiger partial charge in [-0.1, -0.05) is 6.07 Å². The van der Waals surface area contributed by atoms with Crippen LogP contribution < -0.4 is 10.5 Å². The second kappa shape index (κ2) is 6.78. The van der Waals surface area contributed by atoms with Gasteiger partial charge in [-0.25, -0.2) is 0 Å². The molecule has 0 aliphatic carbocycles. The van der Waals surface area contributed by atoms with Gasteiger partial charge in [-0.3, -0.25) is 0 Å². The Morgan fingerprint density at radius 3 is 2.81 bits per heavy atom. The van der Waals surface area contributed by atoms with E-state index in [1.165, 1.54) is 0 Å². The molecule has 90 valence electrons. The van der Waals surface area contributed by atoms with Gasteiger partial charge in [0.15, 0.2) is 0 Å². The Labute approximate surface area is 101 Å². The zero-order chi connectivity index (χ0) is 12.0. The second-order valence-electron chi connectivity index (χ2n) is 3.59. The van der Waals surface area contributed by atoms with E-state index in [0.29, 0.717) is 0 Å². The van der Waals surface area contributed by atoms with Crippen LogP contribution in [0.1, 0.15) is 24.9 Å². The number of aliphatic hydroxyl groups is 1. The van der Waals surface area contributed by atoms with E-state index in [-0.39, 0.29) is 12.6 Å². The molecular formula is C12H19NO2S. The maximum atomic E-state index is 8.76. The van der Waals surface area contributed by atoms with Crippen molar-refractivity contribution in [1.82, 2.24) is 0 Å². The van der Waals surface area contributed by atoms with Gasteiger partial charge in [-0.2, -0.15) is 0 Å². The van der Waals surface area contributed by atoms with Gasteiger partial charge in [0, 0.05) is 28.9 Å². The van der Waals surface area contributed by atoms with Crippen molar-refractivity contribution in [2.75, 3.05) is 19.5 Å². The molecule has 3 nitrogen and oxygen atoms in total. The maximum Gasteiger partial charge on any atom is 0.124 e. The number of thioether (sulfide) groups is 1. The van der Waals surface area contributed by atoms with Crippen molar-refractivity contribution in [3.8, 4) is 5.75 Å². The summed E-state index contributed by atoms with van der Waals surface area (Å²) in [6.07, 6.45) is 0.792. The van der Waals surface area contributed by atoms with Crippen LogP contribution in [0.5, 0.6) is 5.75 Å². The molecule has 1 aromatic rings. The summed E-state index contributed by atoms with van der Waals surface area (Å²) >= 11 is 1.71. The lowest BCUT2D eigenvalue weighted by Crippen LogP contribution is -2.08. The van der Waals surface area contributed by atoms with E-state index in [9.17, 15) is 0 Å². The molecule has 0 bridgehead atoms. The Balaban J connectivity index is 2.89. The third-order valence-corrected chi connectivity index (χ3v) is 3.42. The van der Waals surface area contributed by atoms with Gasteiger partial charge in [0.1, 0.15) is 5.75 Å². The van der Waals surface area contributed by atoms with Crippen molar-refractivity contribution >= 4 is 11.8 Å². The number of hydrogen-bond donors (Lipinski definition) is 2. The Hall–Kier alpha value is -0.710. The standard InChI is InChI=1S/C12H19NO2S/c1-9(13)12-10(15-2)5-3-6-11(12)16-8-4-7-14/h3,5-6,9,14H,4,7-8,13H2,1-2H3/t9-/m1/s1.